The van der Waals surface area contributed by atoms with Crippen molar-refractivity contribution in [1.82, 2.24) is 10.2 Å². The Morgan fingerprint density at radius 3 is 2.70 bits per heavy atom. The van der Waals surface area contributed by atoms with Crippen LogP contribution in [0.1, 0.15) is 49.4 Å². The number of carbonyl (C=O) groups is 2. The number of benzene rings is 2. The number of amides is 2. The van der Waals surface area contributed by atoms with E-state index < -0.39 is 5.92 Å². The van der Waals surface area contributed by atoms with Crippen LogP contribution < -0.4 is 5.32 Å². The molecule has 1 N–H and O–H groups in total. The summed E-state index contributed by atoms with van der Waals surface area (Å²) in [5.41, 5.74) is 5.07. The molecule has 3 aromatic rings. The highest BCUT2D eigenvalue weighted by Crippen LogP contribution is 2.44. The molecule has 1 aliphatic heterocycles. The fraction of sp³-hybridized carbons (Fsp3) is 0.333. The molecule has 172 valence electrons. The van der Waals surface area contributed by atoms with Gasteiger partial charge in [-0.05, 0) is 54.5 Å². The lowest BCUT2D eigenvalue weighted by molar-refractivity contribution is -0.124. The molecule has 2 unspecified atom stereocenters. The number of hydrogen-bond donors (Lipinski definition) is 1. The first kappa shape index (κ1) is 23.2. The molecule has 0 saturated heterocycles. The van der Waals surface area contributed by atoms with Gasteiger partial charge in [-0.3, -0.25) is 9.59 Å². The number of rotatable bonds is 8. The number of nitrogens with one attached hydrogen (secondary N) is 1. The van der Waals surface area contributed by atoms with E-state index in [0.29, 0.717) is 25.3 Å². The summed E-state index contributed by atoms with van der Waals surface area (Å²) in [7, 11) is 1.62. The van der Waals surface area contributed by atoms with E-state index in [-0.39, 0.29) is 17.9 Å². The molecule has 0 radical (unpaired) electrons. The van der Waals surface area contributed by atoms with Crippen LogP contribution in [0.3, 0.4) is 0 Å². The standard InChI is InChI=1S/C27H30N2O3S/c1-18-10-11-19(2)20(17-18)12-13-28-26(30)24-21-7-4-5-8-22(21)27(31)29(14-15-32-3)25(24)23-9-6-16-33-23/h4-11,16-17,24-25H,12-15H2,1-3H3,(H,28,30). The highest BCUT2D eigenvalue weighted by molar-refractivity contribution is 7.10. The SMILES string of the molecule is COCCN1C(=O)c2ccccc2C(C(=O)NCCc2cc(C)ccc2C)C1c1cccs1. The summed E-state index contributed by atoms with van der Waals surface area (Å²) in [6, 6.07) is 17.5. The molecular formula is C27H30N2O3S. The molecule has 0 spiro atoms. The molecule has 2 heterocycles. The Morgan fingerprint density at radius 2 is 1.94 bits per heavy atom. The van der Waals surface area contributed by atoms with Crippen molar-refractivity contribution in [2.45, 2.75) is 32.2 Å². The molecule has 0 fully saturated rings. The van der Waals surface area contributed by atoms with Crippen LogP contribution >= 0.6 is 11.3 Å². The largest absolute Gasteiger partial charge is 0.383 e. The first-order chi connectivity index (χ1) is 16.0. The molecule has 0 saturated carbocycles. The van der Waals surface area contributed by atoms with Crippen LogP contribution in [0.2, 0.25) is 0 Å². The van der Waals surface area contributed by atoms with Crippen molar-refractivity contribution in [2.75, 3.05) is 26.8 Å². The second kappa shape index (κ2) is 10.3. The Labute approximate surface area is 199 Å². The van der Waals surface area contributed by atoms with Crippen molar-refractivity contribution < 1.29 is 14.3 Å². The fourth-order valence-corrected chi connectivity index (χ4v) is 5.46. The van der Waals surface area contributed by atoms with Gasteiger partial charge in [0, 0.05) is 30.6 Å². The predicted octanol–water partition coefficient (Wildman–Crippen LogP) is 4.65. The maximum absolute atomic E-state index is 13.7. The average molecular weight is 463 g/mol. The molecule has 2 aromatic carbocycles. The normalized spacial score (nSPS) is 17.7. The van der Waals surface area contributed by atoms with Gasteiger partial charge in [-0.2, -0.15) is 0 Å². The van der Waals surface area contributed by atoms with Gasteiger partial charge >= 0.3 is 0 Å². The van der Waals surface area contributed by atoms with E-state index in [4.69, 9.17) is 4.74 Å². The summed E-state index contributed by atoms with van der Waals surface area (Å²) < 4.78 is 5.29. The highest BCUT2D eigenvalue weighted by Gasteiger charge is 2.44. The van der Waals surface area contributed by atoms with Crippen LogP contribution in [-0.2, 0) is 16.0 Å². The lowest BCUT2D eigenvalue weighted by atomic mass is 9.81. The maximum atomic E-state index is 13.7. The third-order valence-electron chi connectivity index (χ3n) is 6.29. The van der Waals surface area contributed by atoms with Gasteiger partial charge in [0.1, 0.15) is 0 Å². The van der Waals surface area contributed by atoms with E-state index in [1.54, 1.807) is 23.3 Å². The van der Waals surface area contributed by atoms with Gasteiger partial charge in [0.15, 0.2) is 0 Å². The van der Waals surface area contributed by atoms with Crippen molar-refractivity contribution in [3.63, 3.8) is 0 Å². The van der Waals surface area contributed by atoms with E-state index in [2.05, 4.69) is 37.4 Å². The quantitative estimate of drug-likeness (QED) is 0.530. The van der Waals surface area contributed by atoms with Crippen molar-refractivity contribution in [1.29, 1.82) is 0 Å². The summed E-state index contributed by atoms with van der Waals surface area (Å²) in [4.78, 5) is 29.9. The number of fused-ring (bicyclic) bond motifs is 1. The third-order valence-corrected chi connectivity index (χ3v) is 7.23. The summed E-state index contributed by atoms with van der Waals surface area (Å²) >= 11 is 1.57. The monoisotopic (exact) mass is 462 g/mol. The molecule has 2 amide bonds. The van der Waals surface area contributed by atoms with Crippen LogP contribution in [-0.4, -0.2) is 43.5 Å². The van der Waals surface area contributed by atoms with E-state index in [9.17, 15) is 9.59 Å². The highest BCUT2D eigenvalue weighted by atomic mass is 32.1. The van der Waals surface area contributed by atoms with Gasteiger partial charge in [-0.15, -0.1) is 11.3 Å². The first-order valence-corrected chi connectivity index (χ1v) is 12.1. The van der Waals surface area contributed by atoms with Gasteiger partial charge in [0.05, 0.1) is 18.6 Å². The molecule has 0 bridgehead atoms. The van der Waals surface area contributed by atoms with Crippen LogP contribution in [0.25, 0.3) is 0 Å². The molecule has 1 aromatic heterocycles. The van der Waals surface area contributed by atoms with Crippen LogP contribution in [0.4, 0.5) is 0 Å². The molecule has 1 aliphatic rings. The Kier molecular flexibility index (Phi) is 7.26. The van der Waals surface area contributed by atoms with Crippen LogP contribution in [0.15, 0.2) is 60.0 Å². The molecule has 6 heteroatoms. The van der Waals surface area contributed by atoms with E-state index in [1.165, 1.54) is 16.7 Å². The van der Waals surface area contributed by atoms with E-state index in [0.717, 1.165) is 16.9 Å². The number of nitrogens with zero attached hydrogens (tertiary/aromatic N) is 1. The minimum Gasteiger partial charge on any atom is -0.383 e. The Balaban J connectivity index is 1.64. The summed E-state index contributed by atoms with van der Waals surface area (Å²) in [5.74, 6) is -0.588. The molecule has 2 atom stereocenters. The first-order valence-electron chi connectivity index (χ1n) is 11.3. The molecule has 5 nitrogen and oxygen atoms in total. The number of methoxy groups -OCH3 is 1. The third kappa shape index (κ3) is 4.87. The second-order valence-electron chi connectivity index (χ2n) is 8.49. The molecular weight excluding hydrogens is 432 g/mol. The Bertz CT molecular complexity index is 1130. The van der Waals surface area contributed by atoms with Crippen molar-refractivity contribution >= 4 is 23.2 Å². The van der Waals surface area contributed by atoms with Crippen LogP contribution in [0, 0.1) is 13.8 Å². The molecule has 0 aliphatic carbocycles. The average Bonchev–Trinajstić information content (AvgIpc) is 3.35. The van der Waals surface area contributed by atoms with E-state index in [1.807, 2.05) is 41.8 Å². The number of thiophene rings is 1. The topological polar surface area (TPSA) is 58.6 Å². The Hall–Kier alpha value is -2.96. The van der Waals surface area contributed by atoms with Gasteiger partial charge < -0.3 is 15.0 Å². The zero-order valence-corrected chi connectivity index (χ0v) is 20.2. The summed E-state index contributed by atoms with van der Waals surface area (Å²) in [6.07, 6.45) is 0.767. The zero-order valence-electron chi connectivity index (χ0n) is 19.3. The summed E-state index contributed by atoms with van der Waals surface area (Å²) in [6.45, 7) is 5.57. The maximum Gasteiger partial charge on any atom is 0.254 e. The Morgan fingerprint density at radius 1 is 1.12 bits per heavy atom. The lowest BCUT2D eigenvalue weighted by Gasteiger charge is -2.41. The lowest BCUT2D eigenvalue weighted by Crippen LogP contribution is -2.48. The number of carbonyl (C=O) groups excluding carboxylic acids is 2. The van der Waals surface area contributed by atoms with Gasteiger partial charge in [0.2, 0.25) is 5.91 Å². The molecule has 4 rings (SSSR count). The number of aryl methyl sites for hydroxylation is 2. The van der Waals surface area contributed by atoms with Gasteiger partial charge in [-0.25, -0.2) is 0 Å². The fourth-order valence-electron chi connectivity index (χ4n) is 4.59. The minimum absolute atomic E-state index is 0.0546. The van der Waals surface area contributed by atoms with E-state index >= 15 is 0 Å². The van der Waals surface area contributed by atoms with Crippen molar-refractivity contribution in [2.24, 2.45) is 0 Å². The zero-order chi connectivity index (χ0) is 23.4. The second-order valence-corrected chi connectivity index (χ2v) is 9.47. The van der Waals surface area contributed by atoms with Crippen LogP contribution in [0.5, 0.6) is 0 Å². The number of ether oxygens (including phenoxy) is 1. The minimum atomic E-state index is -0.479. The van der Waals surface area contributed by atoms with Crippen molar-refractivity contribution in [3.05, 3.63) is 92.7 Å². The van der Waals surface area contributed by atoms with Gasteiger partial charge in [-0.1, -0.05) is 48.0 Å². The van der Waals surface area contributed by atoms with Crippen molar-refractivity contribution in [3.8, 4) is 0 Å². The summed E-state index contributed by atoms with van der Waals surface area (Å²) in [5, 5.41) is 5.16. The smallest absolute Gasteiger partial charge is 0.254 e. The van der Waals surface area contributed by atoms with Gasteiger partial charge in [0.25, 0.3) is 5.91 Å². The number of hydrogen-bond acceptors (Lipinski definition) is 4. The molecule has 33 heavy (non-hydrogen) atoms. The predicted molar refractivity (Wildman–Crippen MR) is 132 cm³/mol.